The highest BCUT2D eigenvalue weighted by atomic mass is 79.9. The molecular formula is C14H18BrN3O2. The van der Waals surface area contributed by atoms with Gasteiger partial charge in [0, 0.05) is 16.7 Å². The van der Waals surface area contributed by atoms with Gasteiger partial charge in [0.2, 0.25) is 11.8 Å². The monoisotopic (exact) mass is 339 g/mol. The second-order valence-electron chi connectivity index (χ2n) is 4.78. The van der Waals surface area contributed by atoms with Crippen LogP contribution >= 0.6 is 15.9 Å². The van der Waals surface area contributed by atoms with Gasteiger partial charge in [-0.1, -0.05) is 22.9 Å². The largest absolute Gasteiger partial charge is 0.353 e. The molecule has 1 aromatic carbocycles. The summed E-state index contributed by atoms with van der Waals surface area (Å²) < 4.78 is 0.988. The zero-order valence-electron chi connectivity index (χ0n) is 11.4. The van der Waals surface area contributed by atoms with Crippen molar-refractivity contribution in [2.24, 2.45) is 0 Å². The third kappa shape index (κ3) is 3.80. The predicted octanol–water partition coefficient (Wildman–Crippen LogP) is 1.41. The zero-order chi connectivity index (χ0) is 14.5. The molecule has 1 saturated heterocycles. The summed E-state index contributed by atoms with van der Waals surface area (Å²) in [6, 6.07) is 5.89. The molecule has 0 bridgehead atoms. The Bertz CT molecular complexity index is 503. The van der Waals surface area contributed by atoms with E-state index in [1.807, 2.05) is 23.1 Å². The van der Waals surface area contributed by atoms with Gasteiger partial charge in [-0.05, 0) is 36.7 Å². The lowest BCUT2D eigenvalue weighted by molar-refractivity contribution is -0.130. The smallest absolute Gasteiger partial charge is 0.246 e. The Balaban J connectivity index is 2.20. The molecule has 20 heavy (non-hydrogen) atoms. The van der Waals surface area contributed by atoms with Gasteiger partial charge in [-0.3, -0.25) is 14.9 Å². The number of halogens is 1. The van der Waals surface area contributed by atoms with Gasteiger partial charge >= 0.3 is 0 Å². The number of nitrogens with one attached hydrogen (secondary N) is 2. The van der Waals surface area contributed by atoms with Crippen molar-refractivity contribution in [1.29, 1.82) is 0 Å². The van der Waals surface area contributed by atoms with Crippen molar-refractivity contribution >= 4 is 33.4 Å². The normalized spacial score (nSPS) is 15.4. The fraction of sp³-hybridized carbons (Fsp3) is 0.429. The maximum atomic E-state index is 11.5. The molecule has 1 fully saturated rings. The van der Waals surface area contributed by atoms with Crippen LogP contribution in [0, 0.1) is 0 Å². The van der Waals surface area contributed by atoms with Crippen LogP contribution in [0.5, 0.6) is 0 Å². The number of nitrogens with zero attached hydrogens (tertiary/aromatic N) is 1. The summed E-state index contributed by atoms with van der Waals surface area (Å²) in [4.78, 5) is 24.8. The minimum absolute atomic E-state index is 0.216. The molecule has 108 valence electrons. The number of amides is 2. The molecule has 0 aliphatic carbocycles. The molecule has 1 heterocycles. The first-order valence-electron chi connectivity index (χ1n) is 6.67. The van der Waals surface area contributed by atoms with E-state index in [0.717, 1.165) is 35.2 Å². The van der Waals surface area contributed by atoms with E-state index in [1.54, 1.807) is 0 Å². The predicted molar refractivity (Wildman–Crippen MR) is 81.5 cm³/mol. The number of imide groups is 1. The molecule has 1 aliphatic rings. The van der Waals surface area contributed by atoms with Crippen LogP contribution in [0.15, 0.2) is 22.7 Å². The number of piperazine rings is 1. The van der Waals surface area contributed by atoms with Crippen LogP contribution in [-0.4, -0.2) is 31.4 Å². The SMILES string of the molecule is CCCNCc1cc(Br)ccc1N1CC(=O)NC(=O)C1. The first-order chi connectivity index (χ1) is 9.60. The standard InChI is InChI=1S/C14H18BrN3O2/c1-2-5-16-7-10-6-11(15)3-4-12(10)18-8-13(19)17-14(20)9-18/h3-4,6,16H,2,5,7-9H2,1H3,(H,17,19,20). The van der Waals surface area contributed by atoms with Gasteiger partial charge in [0.1, 0.15) is 0 Å². The van der Waals surface area contributed by atoms with Crippen molar-refractivity contribution < 1.29 is 9.59 Å². The molecular weight excluding hydrogens is 322 g/mol. The maximum Gasteiger partial charge on any atom is 0.246 e. The molecule has 0 unspecified atom stereocenters. The lowest BCUT2D eigenvalue weighted by atomic mass is 10.1. The molecule has 1 aromatic rings. The topological polar surface area (TPSA) is 61.4 Å². The maximum absolute atomic E-state index is 11.5. The summed E-state index contributed by atoms with van der Waals surface area (Å²) in [6.45, 7) is 4.20. The van der Waals surface area contributed by atoms with Crippen molar-refractivity contribution in [1.82, 2.24) is 10.6 Å². The van der Waals surface area contributed by atoms with Gasteiger partial charge in [0.25, 0.3) is 0 Å². The molecule has 0 aromatic heterocycles. The third-order valence-electron chi connectivity index (χ3n) is 3.07. The molecule has 0 radical (unpaired) electrons. The summed E-state index contributed by atoms with van der Waals surface area (Å²) in [5.74, 6) is -0.506. The van der Waals surface area contributed by atoms with Gasteiger partial charge in [0.15, 0.2) is 0 Å². The van der Waals surface area contributed by atoms with Crippen LogP contribution in [0.3, 0.4) is 0 Å². The summed E-state index contributed by atoms with van der Waals surface area (Å²) >= 11 is 3.46. The van der Waals surface area contributed by atoms with E-state index in [0.29, 0.717) is 0 Å². The van der Waals surface area contributed by atoms with Gasteiger partial charge in [-0.25, -0.2) is 0 Å². The average Bonchev–Trinajstić information content (AvgIpc) is 2.38. The van der Waals surface area contributed by atoms with Gasteiger partial charge in [-0.2, -0.15) is 0 Å². The lowest BCUT2D eigenvalue weighted by Crippen LogP contribution is -2.51. The fourth-order valence-corrected chi connectivity index (χ4v) is 2.62. The molecule has 0 spiro atoms. The molecule has 6 heteroatoms. The van der Waals surface area contributed by atoms with E-state index in [1.165, 1.54) is 0 Å². The minimum atomic E-state index is -0.253. The van der Waals surface area contributed by atoms with E-state index >= 15 is 0 Å². The van der Waals surface area contributed by atoms with Gasteiger partial charge in [-0.15, -0.1) is 0 Å². The van der Waals surface area contributed by atoms with Crippen molar-refractivity contribution in [3.8, 4) is 0 Å². The first kappa shape index (κ1) is 15.0. The number of rotatable bonds is 5. The number of hydrogen-bond donors (Lipinski definition) is 2. The van der Waals surface area contributed by atoms with Crippen LogP contribution < -0.4 is 15.5 Å². The summed E-state index contributed by atoms with van der Waals surface area (Å²) in [5.41, 5.74) is 2.01. The Morgan fingerprint density at radius 3 is 2.65 bits per heavy atom. The molecule has 1 aliphatic heterocycles. The lowest BCUT2D eigenvalue weighted by Gasteiger charge is -2.29. The van der Waals surface area contributed by atoms with Crippen LogP contribution in [0.4, 0.5) is 5.69 Å². The Morgan fingerprint density at radius 2 is 2.00 bits per heavy atom. The van der Waals surface area contributed by atoms with E-state index in [-0.39, 0.29) is 24.9 Å². The first-order valence-corrected chi connectivity index (χ1v) is 7.46. The highest BCUT2D eigenvalue weighted by Gasteiger charge is 2.24. The van der Waals surface area contributed by atoms with Gasteiger partial charge < -0.3 is 10.2 Å². The number of benzene rings is 1. The van der Waals surface area contributed by atoms with Crippen molar-refractivity contribution in [3.05, 3.63) is 28.2 Å². The molecule has 0 atom stereocenters. The second kappa shape index (κ2) is 6.85. The van der Waals surface area contributed by atoms with Crippen molar-refractivity contribution in [2.45, 2.75) is 19.9 Å². The highest BCUT2D eigenvalue weighted by Crippen LogP contribution is 2.25. The molecule has 2 amide bonds. The minimum Gasteiger partial charge on any atom is -0.353 e. The van der Waals surface area contributed by atoms with Gasteiger partial charge in [0.05, 0.1) is 13.1 Å². The summed E-state index contributed by atoms with van der Waals surface area (Å²) in [5, 5.41) is 5.67. The zero-order valence-corrected chi connectivity index (χ0v) is 13.0. The van der Waals surface area contributed by atoms with E-state index in [2.05, 4.69) is 33.5 Å². The number of carbonyl (C=O) groups excluding carboxylic acids is 2. The van der Waals surface area contributed by atoms with Crippen LogP contribution in [0.1, 0.15) is 18.9 Å². The fourth-order valence-electron chi connectivity index (χ4n) is 2.21. The van der Waals surface area contributed by atoms with E-state index < -0.39 is 0 Å². The average molecular weight is 340 g/mol. The second-order valence-corrected chi connectivity index (χ2v) is 5.69. The third-order valence-corrected chi connectivity index (χ3v) is 3.57. The molecule has 2 rings (SSSR count). The summed E-state index contributed by atoms with van der Waals surface area (Å²) in [6.07, 6.45) is 1.06. The molecule has 5 nitrogen and oxygen atoms in total. The number of carbonyl (C=O) groups is 2. The van der Waals surface area contributed by atoms with Crippen LogP contribution in [0.25, 0.3) is 0 Å². The number of anilines is 1. The Kier molecular flexibility index (Phi) is 5.14. The number of hydrogen-bond acceptors (Lipinski definition) is 4. The van der Waals surface area contributed by atoms with E-state index in [9.17, 15) is 9.59 Å². The van der Waals surface area contributed by atoms with Crippen LogP contribution in [-0.2, 0) is 16.1 Å². The molecule has 0 saturated carbocycles. The highest BCUT2D eigenvalue weighted by molar-refractivity contribution is 9.10. The van der Waals surface area contributed by atoms with Crippen molar-refractivity contribution in [3.63, 3.8) is 0 Å². The van der Waals surface area contributed by atoms with E-state index in [4.69, 9.17) is 0 Å². The Hall–Kier alpha value is -1.40. The van der Waals surface area contributed by atoms with Crippen molar-refractivity contribution in [2.75, 3.05) is 24.5 Å². The molecule has 2 N–H and O–H groups in total. The quantitative estimate of drug-likeness (QED) is 0.629. The Labute approximate surface area is 126 Å². The Morgan fingerprint density at radius 1 is 1.30 bits per heavy atom. The van der Waals surface area contributed by atoms with Crippen LogP contribution in [0.2, 0.25) is 0 Å². The summed E-state index contributed by atoms with van der Waals surface area (Å²) in [7, 11) is 0.